The number of nitrogens with one attached hydrogen (secondary N) is 1. The second-order valence-electron chi connectivity index (χ2n) is 4.67. The lowest BCUT2D eigenvalue weighted by Crippen LogP contribution is -2.43. The van der Waals surface area contributed by atoms with E-state index in [9.17, 15) is 9.90 Å². The van der Waals surface area contributed by atoms with Gasteiger partial charge in [-0.2, -0.15) is 5.10 Å². The number of amides is 1. The van der Waals surface area contributed by atoms with Crippen molar-refractivity contribution >= 4 is 17.5 Å². The Balaban J connectivity index is 2.15. The molecule has 20 heavy (non-hydrogen) atoms. The smallest absolute Gasteiger partial charge is 0.259 e. The zero-order valence-electron chi connectivity index (χ0n) is 11.2. The van der Waals surface area contributed by atoms with Gasteiger partial charge in [-0.1, -0.05) is 23.7 Å². The molecule has 2 N–H and O–H groups in total. The van der Waals surface area contributed by atoms with Gasteiger partial charge in [0.05, 0.1) is 6.54 Å². The van der Waals surface area contributed by atoms with Crippen molar-refractivity contribution in [3.63, 3.8) is 0 Å². The summed E-state index contributed by atoms with van der Waals surface area (Å²) in [5.41, 5.74) is -1.14. The molecule has 0 aliphatic heterocycles. The molecule has 1 aromatic heterocycles. The second kappa shape index (κ2) is 5.60. The summed E-state index contributed by atoms with van der Waals surface area (Å²) in [5.74, 6) is 0.115. The van der Waals surface area contributed by atoms with Gasteiger partial charge in [0.1, 0.15) is 12.2 Å². The number of H-pyrrole nitrogens is 1. The minimum absolute atomic E-state index is 0.239. The van der Waals surface area contributed by atoms with E-state index in [1.54, 1.807) is 31.3 Å². The number of carbonyl (C=O) groups is 1. The molecule has 0 spiro atoms. The quantitative estimate of drug-likeness (QED) is 0.891. The van der Waals surface area contributed by atoms with Crippen molar-refractivity contribution in [3.8, 4) is 0 Å². The van der Waals surface area contributed by atoms with E-state index in [-0.39, 0.29) is 6.54 Å². The summed E-state index contributed by atoms with van der Waals surface area (Å²) >= 11 is 5.80. The van der Waals surface area contributed by atoms with Gasteiger partial charge in [0, 0.05) is 12.1 Å². The fourth-order valence-corrected chi connectivity index (χ4v) is 2.00. The number of rotatable bonds is 4. The first-order valence-electron chi connectivity index (χ1n) is 5.99. The van der Waals surface area contributed by atoms with E-state index in [2.05, 4.69) is 15.2 Å². The number of hydrogen-bond donors (Lipinski definition) is 2. The van der Waals surface area contributed by atoms with E-state index in [4.69, 9.17) is 11.6 Å². The molecule has 2 rings (SSSR count). The molecule has 2 aromatic rings. The lowest BCUT2D eigenvalue weighted by Gasteiger charge is -2.28. The van der Waals surface area contributed by atoms with Crippen LogP contribution < -0.4 is 0 Å². The topological polar surface area (TPSA) is 82.1 Å². The van der Waals surface area contributed by atoms with Crippen LogP contribution in [0.15, 0.2) is 30.6 Å². The number of nitrogens with zero attached hydrogens (tertiary/aromatic N) is 3. The molecule has 0 radical (unpaired) electrons. The Morgan fingerprint density at radius 1 is 1.45 bits per heavy atom. The fraction of sp³-hybridized carbons (Fsp3) is 0.308. The molecular weight excluding hydrogens is 280 g/mol. The molecule has 1 heterocycles. The molecule has 0 fully saturated rings. The van der Waals surface area contributed by atoms with Gasteiger partial charge in [-0.25, -0.2) is 4.98 Å². The minimum Gasteiger partial charge on any atom is -0.376 e. The molecule has 1 unspecified atom stereocenters. The van der Waals surface area contributed by atoms with Crippen LogP contribution in [-0.4, -0.2) is 38.1 Å². The van der Waals surface area contributed by atoms with Crippen molar-refractivity contribution in [2.24, 2.45) is 0 Å². The summed E-state index contributed by atoms with van der Waals surface area (Å²) in [6.07, 6.45) is 1.37. The third kappa shape index (κ3) is 2.97. The van der Waals surface area contributed by atoms with Crippen LogP contribution >= 0.6 is 11.6 Å². The number of carbonyl (C=O) groups excluding carboxylic acids is 1. The molecule has 0 saturated heterocycles. The third-order valence-electron chi connectivity index (χ3n) is 3.02. The lowest BCUT2D eigenvalue weighted by molar-refractivity contribution is -0.149. The Labute approximate surface area is 121 Å². The van der Waals surface area contributed by atoms with Crippen LogP contribution in [0.2, 0.25) is 5.02 Å². The predicted molar refractivity (Wildman–Crippen MR) is 73.9 cm³/mol. The number of halogens is 1. The third-order valence-corrected chi connectivity index (χ3v) is 3.27. The minimum atomic E-state index is -1.63. The van der Waals surface area contributed by atoms with Crippen LogP contribution in [0.25, 0.3) is 0 Å². The summed E-state index contributed by atoms with van der Waals surface area (Å²) in [4.78, 5) is 17.7. The van der Waals surface area contributed by atoms with Gasteiger partial charge in [0.25, 0.3) is 5.91 Å². The zero-order valence-corrected chi connectivity index (χ0v) is 11.9. The van der Waals surface area contributed by atoms with Crippen LogP contribution in [0.1, 0.15) is 18.3 Å². The molecule has 106 valence electrons. The largest absolute Gasteiger partial charge is 0.376 e. The lowest BCUT2D eigenvalue weighted by atomic mass is 9.94. The summed E-state index contributed by atoms with van der Waals surface area (Å²) < 4.78 is 0. The zero-order chi connectivity index (χ0) is 14.8. The molecular formula is C13H15ClN4O2. The maximum atomic E-state index is 12.4. The molecule has 1 atom stereocenters. The molecule has 0 bridgehead atoms. The van der Waals surface area contributed by atoms with E-state index in [0.29, 0.717) is 16.4 Å². The number of hydrogen-bond acceptors (Lipinski definition) is 4. The molecule has 7 heteroatoms. The average Bonchev–Trinajstić information content (AvgIpc) is 2.91. The monoisotopic (exact) mass is 294 g/mol. The molecule has 0 aliphatic carbocycles. The maximum absolute atomic E-state index is 12.4. The van der Waals surface area contributed by atoms with E-state index < -0.39 is 11.5 Å². The highest BCUT2D eigenvalue weighted by Gasteiger charge is 2.35. The maximum Gasteiger partial charge on any atom is 0.259 e. The Morgan fingerprint density at radius 2 is 2.10 bits per heavy atom. The summed E-state index contributed by atoms with van der Waals surface area (Å²) in [7, 11) is 1.59. The van der Waals surface area contributed by atoms with Gasteiger partial charge in [0.2, 0.25) is 0 Å². The number of likely N-dealkylation sites (N-methyl/N-ethyl adjacent to an activating group) is 1. The highest BCUT2D eigenvalue weighted by Crippen LogP contribution is 2.24. The van der Waals surface area contributed by atoms with Crippen molar-refractivity contribution in [3.05, 3.63) is 47.0 Å². The van der Waals surface area contributed by atoms with Crippen molar-refractivity contribution in [1.29, 1.82) is 0 Å². The molecule has 6 nitrogen and oxygen atoms in total. The van der Waals surface area contributed by atoms with E-state index in [1.807, 2.05) is 0 Å². The van der Waals surface area contributed by atoms with Gasteiger partial charge in [-0.3, -0.25) is 9.89 Å². The van der Waals surface area contributed by atoms with Gasteiger partial charge >= 0.3 is 0 Å². The number of benzene rings is 1. The Kier molecular flexibility index (Phi) is 4.06. The fourth-order valence-electron chi connectivity index (χ4n) is 1.87. The van der Waals surface area contributed by atoms with E-state index in [0.717, 1.165) is 0 Å². The predicted octanol–water partition coefficient (Wildman–Crippen LogP) is 1.32. The normalized spacial score (nSPS) is 13.8. The van der Waals surface area contributed by atoms with Crippen LogP contribution in [-0.2, 0) is 16.9 Å². The molecule has 0 saturated carbocycles. The molecule has 1 amide bonds. The summed E-state index contributed by atoms with van der Waals surface area (Å²) in [5, 5.41) is 17.4. The number of aromatic nitrogens is 3. The van der Waals surface area contributed by atoms with Crippen molar-refractivity contribution < 1.29 is 9.90 Å². The first-order valence-corrected chi connectivity index (χ1v) is 6.37. The first-order chi connectivity index (χ1) is 9.41. The van der Waals surface area contributed by atoms with Gasteiger partial charge in [-0.05, 0) is 24.6 Å². The van der Waals surface area contributed by atoms with Gasteiger partial charge < -0.3 is 10.0 Å². The second-order valence-corrected chi connectivity index (χ2v) is 5.11. The van der Waals surface area contributed by atoms with E-state index in [1.165, 1.54) is 18.2 Å². The summed E-state index contributed by atoms with van der Waals surface area (Å²) in [6.45, 7) is 1.69. The highest BCUT2D eigenvalue weighted by molar-refractivity contribution is 6.30. The standard InChI is InChI=1S/C13H15ClN4O2/c1-13(20,9-3-5-10(14)6-4-9)12(19)18(2)7-11-15-8-16-17-11/h3-6,8,20H,7H2,1-2H3,(H,15,16,17). The van der Waals surface area contributed by atoms with Crippen LogP contribution in [0, 0.1) is 0 Å². The van der Waals surface area contributed by atoms with Gasteiger partial charge in [-0.15, -0.1) is 0 Å². The van der Waals surface area contributed by atoms with Crippen LogP contribution in [0.3, 0.4) is 0 Å². The first kappa shape index (κ1) is 14.5. The Morgan fingerprint density at radius 3 is 2.65 bits per heavy atom. The Bertz CT molecular complexity index is 581. The number of aromatic amines is 1. The van der Waals surface area contributed by atoms with E-state index >= 15 is 0 Å². The summed E-state index contributed by atoms with van der Waals surface area (Å²) in [6, 6.07) is 6.52. The molecule has 1 aromatic carbocycles. The highest BCUT2D eigenvalue weighted by atomic mass is 35.5. The van der Waals surface area contributed by atoms with Crippen molar-refractivity contribution in [2.75, 3.05) is 7.05 Å². The molecule has 0 aliphatic rings. The Hall–Kier alpha value is -1.92. The van der Waals surface area contributed by atoms with Crippen LogP contribution in [0.5, 0.6) is 0 Å². The SMILES string of the molecule is CN(Cc1ncn[nH]1)C(=O)C(C)(O)c1ccc(Cl)cc1. The average molecular weight is 295 g/mol. The number of aliphatic hydroxyl groups is 1. The van der Waals surface area contributed by atoms with Gasteiger partial charge in [0.15, 0.2) is 5.60 Å². The van der Waals surface area contributed by atoms with Crippen molar-refractivity contribution in [1.82, 2.24) is 20.1 Å². The van der Waals surface area contributed by atoms with Crippen LogP contribution in [0.4, 0.5) is 0 Å². The van der Waals surface area contributed by atoms with Crippen molar-refractivity contribution in [2.45, 2.75) is 19.1 Å².